The predicted octanol–water partition coefficient (Wildman–Crippen LogP) is 3.69. The van der Waals surface area contributed by atoms with Gasteiger partial charge in [0.25, 0.3) is 0 Å². The van der Waals surface area contributed by atoms with Crippen molar-refractivity contribution in [3.05, 3.63) is 48.5 Å². The van der Waals surface area contributed by atoms with Crippen molar-refractivity contribution in [2.75, 3.05) is 12.4 Å². The number of hydrogen-bond donors (Lipinski definition) is 1. The Morgan fingerprint density at radius 1 is 1.10 bits per heavy atom. The molecule has 0 fully saturated rings. The summed E-state index contributed by atoms with van der Waals surface area (Å²) in [7, 11) is 1.56. The summed E-state index contributed by atoms with van der Waals surface area (Å²) < 4.78 is 47.0. The number of tetrazole rings is 1. The molecule has 158 valence electrons. The highest BCUT2D eigenvalue weighted by atomic mass is 32.2. The number of benzene rings is 2. The molecule has 1 unspecified atom stereocenters. The van der Waals surface area contributed by atoms with Crippen LogP contribution in [0.15, 0.2) is 53.7 Å². The fourth-order valence-corrected chi connectivity index (χ4v) is 3.14. The van der Waals surface area contributed by atoms with Crippen molar-refractivity contribution in [2.24, 2.45) is 0 Å². The number of halogens is 3. The van der Waals surface area contributed by atoms with Gasteiger partial charge in [0.2, 0.25) is 11.1 Å². The van der Waals surface area contributed by atoms with Gasteiger partial charge in [0, 0.05) is 5.69 Å². The number of hydrogen-bond acceptors (Lipinski definition) is 7. The van der Waals surface area contributed by atoms with Crippen LogP contribution in [0.1, 0.15) is 6.92 Å². The second-order valence-corrected chi connectivity index (χ2v) is 7.20. The van der Waals surface area contributed by atoms with Crippen LogP contribution in [0.3, 0.4) is 0 Å². The van der Waals surface area contributed by atoms with Gasteiger partial charge in [0.15, 0.2) is 0 Å². The number of rotatable bonds is 7. The summed E-state index contributed by atoms with van der Waals surface area (Å²) in [6, 6.07) is 11.9. The Morgan fingerprint density at radius 3 is 2.33 bits per heavy atom. The number of alkyl halides is 3. The van der Waals surface area contributed by atoms with Crippen molar-refractivity contribution in [3.63, 3.8) is 0 Å². The fourth-order valence-electron chi connectivity index (χ4n) is 2.33. The Morgan fingerprint density at radius 2 is 1.73 bits per heavy atom. The first-order chi connectivity index (χ1) is 14.2. The number of amides is 1. The molecule has 3 rings (SSSR count). The van der Waals surface area contributed by atoms with E-state index < -0.39 is 11.6 Å². The summed E-state index contributed by atoms with van der Waals surface area (Å²) in [6.45, 7) is 1.66. The Hall–Kier alpha value is -3.28. The molecule has 3 aromatic rings. The first-order valence-corrected chi connectivity index (χ1v) is 9.39. The van der Waals surface area contributed by atoms with Crippen LogP contribution < -0.4 is 14.8 Å². The highest BCUT2D eigenvalue weighted by Crippen LogP contribution is 2.26. The minimum atomic E-state index is -4.77. The molecule has 1 heterocycles. The summed E-state index contributed by atoms with van der Waals surface area (Å²) in [4.78, 5) is 12.4. The Labute approximate surface area is 173 Å². The van der Waals surface area contributed by atoms with Gasteiger partial charge in [-0.25, -0.2) is 0 Å². The average Bonchev–Trinajstić information content (AvgIpc) is 3.16. The van der Waals surface area contributed by atoms with Crippen molar-refractivity contribution in [2.45, 2.75) is 23.7 Å². The summed E-state index contributed by atoms with van der Waals surface area (Å²) in [5.41, 5.74) is 1.02. The molecule has 30 heavy (non-hydrogen) atoms. The zero-order valence-corrected chi connectivity index (χ0v) is 16.6. The van der Waals surface area contributed by atoms with Gasteiger partial charge in [0.05, 0.1) is 18.0 Å². The standard InChI is InChI=1S/C18H16F3N5O3S/c1-11(16(27)22-12-3-7-15(8-4-12)29-18(19,20)21)30-17-23-24-25-26(17)13-5-9-14(28-2)10-6-13/h3-11H,1-2H3,(H,22,27). The van der Waals surface area contributed by atoms with Gasteiger partial charge in [-0.1, -0.05) is 11.8 Å². The lowest BCUT2D eigenvalue weighted by Crippen LogP contribution is -2.23. The van der Waals surface area contributed by atoms with Crippen LogP contribution in [0.5, 0.6) is 11.5 Å². The van der Waals surface area contributed by atoms with E-state index in [1.807, 2.05) is 0 Å². The molecule has 0 spiro atoms. The van der Waals surface area contributed by atoms with Gasteiger partial charge in [-0.3, -0.25) is 4.79 Å². The lowest BCUT2D eigenvalue weighted by Gasteiger charge is -2.13. The molecule has 0 aliphatic carbocycles. The van der Waals surface area contributed by atoms with E-state index in [4.69, 9.17) is 4.74 Å². The van der Waals surface area contributed by atoms with Crippen molar-refractivity contribution in [3.8, 4) is 17.2 Å². The maximum Gasteiger partial charge on any atom is 0.573 e. The lowest BCUT2D eigenvalue weighted by molar-refractivity contribution is -0.274. The molecule has 0 aliphatic rings. The maximum atomic E-state index is 12.4. The molecule has 0 saturated carbocycles. The Bertz CT molecular complexity index is 994. The number of carbonyl (C=O) groups is 1. The molecule has 12 heteroatoms. The molecule has 0 radical (unpaired) electrons. The third-order valence-electron chi connectivity index (χ3n) is 3.76. The normalized spacial score (nSPS) is 12.3. The number of carbonyl (C=O) groups excluding carboxylic acids is 1. The topological polar surface area (TPSA) is 91.2 Å². The minimum Gasteiger partial charge on any atom is -0.497 e. The van der Waals surface area contributed by atoms with Crippen molar-refractivity contribution < 1.29 is 27.4 Å². The molecular formula is C18H16F3N5O3S. The first-order valence-electron chi connectivity index (χ1n) is 8.51. The molecule has 1 N–H and O–H groups in total. The maximum absolute atomic E-state index is 12.4. The summed E-state index contributed by atoms with van der Waals surface area (Å²) in [5.74, 6) is -0.0595. The predicted molar refractivity (Wildman–Crippen MR) is 103 cm³/mol. The second-order valence-electron chi connectivity index (χ2n) is 5.89. The third kappa shape index (κ3) is 5.63. The van der Waals surface area contributed by atoms with Gasteiger partial charge >= 0.3 is 6.36 Å². The first kappa shape index (κ1) is 21.4. The monoisotopic (exact) mass is 439 g/mol. The van der Waals surface area contributed by atoms with Gasteiger partial charge in [-0.15, -0.1) is 18.3 Å². The van der Waals surface area contributed by atoms with E-state index in [0.717, 1.165) is 23.9 Å². The SMILES string of the molecule is COc1ccc(-n2nnnc2SC(C)C(=O)Nc2ccc(OC(F)(F)F)cc2)cc1. The van der Waals surface area contributed by atoms with E-state index in [0.29, 0.717) is 22.3 Å². The van der Waals surface area contributed by atoms with Crippen molar-refractivity contribution in [1.29, 1.82) is 0 Å². The molecule has 1 atom stereocenters. The average molecular weight is 439 g/mol. The summed E-state index contributed by atoms with van der Waals surface area (Å²) in [6.07, 6.45) is -4.77. The molecule has 0 bridgehead atoms. The minimum absolute atomic E-state index is 0.330. The smallest absolute Gasteiger partial charge is 0.497 e. The number of nitrogens with zero attached hydrogens (tertiary/aromatic N) is 4. The van der Waals surface area contributed by atoms with E-state index in [2.05, 4.69) is 25.6 Å². The number of nitrogens with one attached hydrogen (secondary N) is 1. The van der Waals surface area contributed by atoms with Gasteiger partial charge < -0.3 is 14.8 Å². The number of methoxy groups -OCH3 is 1. The zero-order valence-electron chi connectivity index (χ0n) is 15.8. The van der Waals surface area contributed by atoms with Crippen LogP contribution >= 0.6 is 11.8 Å². The molecule has 1 amide bonds. The van der Waals surface area contributed by atoms with Gasteiger partial charge in [0.1, 0.15) is 11.5 Å². The Kier molecular flexibility index (Phi) is 6.45. The summed E-state index contributed by atoms with van der Waals surface area (Å²) in [5, 5.41) is 14.0. The molecule has 1 aromatic heterocycles. The van der Waals surface area contributed by atoms with Crippen molar-refractivity contribution >= 4 is 23.4 Å². The lowest BCUT2D eigenvalue weighted by atomic mass is 10.3. The number of aromatic nitrogens is 4. The van der Waals surface area contributed by atoms with Crippen LogP contribution in [-0.2, 0) is 4.79 Å². The third-order valence-corrected chi connectivity index (χ3v) is 4.80. The van der Waals surface area contributed by atoms with Gasteiger partial charge in [-0.05, 0) is 65.9 Å². The van der Waals surface area contributed by atoms with Crippen LogP contribution in [-0.4, -0.2) is 44.8 Å². The Balaban J connectivity index is 1.63. The fraction of sp³-hybridized carbons (Fsp3) is 0.222. The second kappa shape index (κ2) is 9.03. The molecular weight excluding hydrogens is 423 g/mol. The number of ether oxygens (including phenoxy) is 2. The molecule has 0 aliphatic heterocycles. The highest BCUT2D eigenvalue weighted by Gasteiger charge is 2.31. The van der Waals surface area contributed by atoms with Gasteiger partial charge in [-0.2, -0.15) is 4.68 Å². The van der Waals surface area contributed by atoms with E-state index in [9.17, 15) is 18.0 Å². The zero-order chi connectivity index (χ0) is 21.7. The quantitative estimate of drug-likeness (QED) is 0.562. The molecule has 8 nitrogen and oxygen atoms in total. The largest absolute Gasteiger partial charge is 0.573 e. The van der Waals surface area contributed by atoms with E-state index in [1.54, 1.807) is 38.3 Å². The molecule has 2 aromatic carbocycles. The number of thioether (sulfide) groups is 1. The summed E-state index contributed by atoms with van der Waals surface area (Å²) >= 11 is 1.13. The van der Waals surface area contributed by atoms with E-state index >= 15 is 0 Å². The highest BCUT2D eigenvalue weighted by molar-refractivity contribution is 8.00. The van der Waals surface area contributed by atoms with E-state index in [-0.39, 0.29) is 11.7 Å². The number of anilines is 1. The molecule has 0 saturated heterocycles. The van der Waals surface area contributed by atoms with Crippen molar-refractivity contribution in [1.82, 2.24) is 20.2 Å². The van der Waals surface area contributed by atoms with Crippen LogP contribution in [0.25, 0.3) is 5.69 Å². The van der Waals surface area contributed by atoms with Crippen LogP contribution in [0, 0.1) is 0 Å². The van der Waals surface area contributed by atoms with Crippen LogP contribution in [0.2, 0.25) is 0 Å². The van der Waals surface area contributed by atoms with Crippen LogP contribution in [0.4, 0.5) is 18.9 Å². The van der Waals surface area contributed by atoms with E-state index in [1.165, 1.54) is 16.8 Å².